The third-order valence-corrected chi connectivity index (χ3v) is 5.01. The molecule has 0 spiro atoms. The minimum absolute atomic E-state index is 0.0265. The Kier molecular flexibility index (Phi) is 6.13. The van der Waals surface area contributed by atoms with Gasteiger partial charge >= 0.3 is 0 Å². The largest absolute Gasteiger partial charge is 0.447 e. The molecular formula is C18H17Cl2N3O4. The smallest absolute Gasteiger partial charge is 0.291 e. The van der Waals surface area contributed by atoms with Gasteiger partial charge < -0.3 is 14.6 Å². The average Bonchev–Trinajstić information content (AvgIpc) is 3.25. The number of amides is 2. The Balaban J connectivity index is 1.46. The van der Waals surface area contributed by atoms with Crippen LogP contribution in [0.5, 0.6) is 0 Å². The number of ketones is 1. The molecule has 27 heavy (non-hydrogen) atoms. The number of halogens is 2. The number of oxazole rings is 1. The Morgan fingerprint density at radius 3 is 2.81 bits per heavy atom. The molecule has 1 saturated heterocycles. The summed E-state index contributed by atoms with van der Waals surface area (Å²) >= 11 is 11.8. The number of aromatic nitrogens is 1. The highest BCUT2D eigenvalue weighted by molar-refractivity contribution is 6.42. The van der Waals surface area contributed by atoms with Crippen LogP contribution in [0.2, 0.25) is 10.0 Å². The zero-order chi connectivity index (χ0) is 19.4. The van der Waals surface area contributed by atoms with E-state index in [9.17, 15) is 14.4 Å². The molecule has 0 bridgehead atoms. The number of likely N-dealkylation sites (tertiary alicyclic amines) is 1. The van der Waals surface area contributed by atoms with Crippen molar-refractivity contribution in [1.29, 1.82) is 0 Å². The molecule has 1 aromatic carbocycles. The second-order valence-electron chi connectivity index (χ2n) is 6.17. The second kappa shape index (κ2) is 8.54. The molecule has 9 heteroatoms. The van der Waals surface area contributed by atoms with Gasteiger partial charge in [0.15, 0.2) is 0 Å². The number of nitrogens with zero attached hydrogens (tertiary/aromatic N) is 2. The number of hydrogen-bond acceptors (Lipinski definition) is 5. The van der Waals surface area contributed by atoms with E-state index in [1.54, 1.807) is 12.1 Å². The van der Waals surface area contributed by atoms with Gasteiger partial charge in [-0.2, -0.15) is 0 Å². The predicted octanol–water partition coefficient (Wildman–Crippen LogP) is 2.26. The number of rotatable bonds is 7. The quantitative estimate of drug-likeness (QED) is 0.430. The number of aryl methyl sites for hydroxylation is 1. The summed E-state index contributed by atoms with van der Waals surface area (Å²) in [6.07, 6.45) is 4.20. The van der Waals surface area contributed by atoms with Crippen molar-refractivity contribution < 1.29 is 18.8 Å². The van der Waals surface area contributed by atoms with E-state index in [1.165, 1.54) is 17.4 Å². The van der Waals surface area contributed by atoms with Crippen LogP contribution in [0.1, 0.15) is 17.9 Å². The first-order valence-electron chi connectivity index (χ1n) is 8.39. The summed E-state index contributed by atoms with van der Waals surface area (Å²) < 4.78 is 5.08. The van der Waals surface area contributed by atoms with E-state index in [1.807, 2.05) is 6.07 Å². The molecule has 1 aliphatic heterocycles. The number of nitrogens with one attached hydrogen (secondary N) is 1. The normalized spacial score (nSPS) is 16.8. The van der Waals surface area contributed by atoms with Crippen LogP contribution >= 0.6 is 23.2 Å². The summed E-state index contributed by atoms with van der Waals surface area (Å²) in [5, 5.41) is 3.69. The van der Waals surface area contributed by atoms with Crippen LogP contribution in [0, 0.1) is 5.92 Å². The van der Waals surface area contributed by atoms with E-state index in [0.29, 0.717) is 35.3 Å². The van der Waals surface area contributed by atoms with Crippen LogP contribution in [-0.4, -0.2) is 40.6 Å². The van der Waals surface area contributed by atoms with E-state index < -0.39 is 23.5 Å². The SMILES string of the molecule is O=C(NCCCc1ccc(Cl)c(Cl)c1)C1CN(Cc2ncco2)C(=O)C1=O. The minimum atomic E-state index is -1.00. The number of carbonyl (C=O) groups is 3. The van der Waals surface area contributed by atoms with Crippen molar-refractivity contribution in [3.05, 3.63) is 52.2 Å². The topological polar surface area (TPSA) is 92.5 Å². The molecule has 1 atom stereocenters. The van der Waals surface area contributed by atoms with Crippen molar-refractivity contribution in [2.45, 2.75) is 19.4 Å². The van der Waals surface area contributed by atoms with Gasteiger partial charge in [0.1, 0.15) is 12.2 Å². The van der Waals surface area contributed by atoms with Crippen molar-refractivity contribution in [3.63, 3.8) is 0 Å². The summed E-state index contributed by atoms with van der Waals surface area (Å²) in [5.74, 6) is -2.53. The van der Waals surface area contributed by atoms with Crippen molar-refractivity contribution in [2.75, 3.05) is 13.1 Å². The van der Waals surface area contributed by atoms with Crippen LogP contribution in [0.25, 0.3) is 0 Å². The van der Waals surface area contributed by atoms with Crippen molar-refractivity contribution in [3.8, 4) is 0 Å². The van der Waals surface area contributed by atoms with Gasteiger partial charge in [-0.05, 0) is 30.5 Å². The lowest BCUT2D eigenvalue weighted by molar-refractivity contribution is -0.142. The van der Waals surface area contributed by atoms with Crippen LogP contribution in [0.15, 0.2) is 35.1 Å². The lowest BCUT2D eigenvalue weighted by atomic mass is 10.1. The molecule has 142 valence electrons. The fourth-order valence-corrected chi connectivity index (χ4v) is 3.17. The minimum Gasteiger partial charge on any atom is -0.447 e. The summed E-state index contributed by atoms with van der Waals surface area (Å²) in [7, 11) is 0. The molecule has 7 nitrogen and oxygen atoms in total. The predicted molar refractivity (Wildman–Crippen MR) is 98.2 cm³/mol. The van der Waals surface area contributed by atoms with E-state index >= 15 is 0 Å². The molecule has 1 N–H and O–H groups in total. The molecule has 0 radical (unpaired) electrons. The number of benzene rings is 1. The molecule has 1 fully saturated rings. The van der Waals surface area contributed by atoms with E-state index in [2.05, 4.69) is 10.3 Å². The van der Waals surface area contributed by atoms with E-state index in [-0.39, 0.29) is 13.1 Å². The maximum absolute atomic E-state index is 12.3. The first-order valence-corrected chi connectivity index (χ1v) is 9.14. The Morgan fingerprint density at radius 2 is 2.11 bits per heavy atom. The third-order valence-electron chi connectivity index (χ3n) is 4.27. The van der Waals surface area contributed by atoms with Gasteiger partial charge in [0.2, 0.25) is 17.6 Å². The molecule has 0 saturated carbocycles. The van der Waals surface area contributed by atoms with Crippen molar-refractivity contribution >= 4 is 40.8 Å². The molecule has 0 aliphatic carbocycles. The average molecular weight is 410 g/mol. The fourth-order valence-electron chi connectivity index (χ4n) is 2.85. The highest BCUT2D eigenvalue weighted by atomic mass is 35.5. The highest BCUT2D eigenvalue weighted by Crippen LogP contribution is 2.23. The van der Waals surface area contributed by atoms with Crippen LogP contribution in [-0.2, 0) is 27.3 Å². The number of carbonyl (C=O) groups excluding carboxylic acids is 3. The first kappa shape index (κ1) is 19.4. The number of hydrogen-bond donors (Lipinski definition) is 1. The van der Waals surface area contributed by atoms with E-state index in [0.717, 1.165) is 5.56 Å². The van der Waals surface area contributed by atoms with Gasteiger partial charge in [0.25, 0.3) is 5.91 Å². The molecular weight excluding hydrogens is 393 g/mol. The maximum atomic E-state index is 12.3. The second-order valence-corrected chi connectivity index (χ2v) is 6.99. The van der Waals surface area contributed by atoms with Crippen molar-refractivity contribution in [1.82, 2.24) is 15.2 Å². The van der Waals surface area contributed by atoms with Gasteiger partial charge in [0.05, 0.1) is 22.8 Å². The Morgan fingerprint density at radius 1 is 1.30 bits per heavy atom. The van der Waals surface area contributed by atoms with Gasteiger partial charge in [-0.15, -0.1) is 0 Å². The number of Topliss-reactive ketones (excluding diaryl/α,β-unsaturated/α-hetero) is 1. The fraction of sp³-hybridized carbons (Fsp3) is 0.333. The molecule has 2 aromatic rings. The molecule has 2 heterocycles. The Labute approximate surface area is 165 Å². The first-order chi connectivity index (χ1) is 13.0. The van der Waals surface area contributed by atoms with Crippen LogP contribution in [0.4, 0.5) is 0 Å². The lowest BCUT2D eigenvalue weighted by Gasteiger charge is -2.13. The monoisotopic (exact) mass is 409 g/mol. The van der Waals surface area contributed by atoms with Crippen LogP contribution in [0.3, 0.4) is 0 Å². The zero-order valence-electron chi connectivity index (χ0n) is 14.3. The zero-order valence-corrected chi connectivity index (χ0v) is 15.8. The standard InChI is InChI=1S/C18H17Cl2N3O4/c19-13-4-3-11(8-14(13)20)2-1-5-22-17(25)12-9-23(18(26)16(12)24)10-15-21-6-7-27-15/h3-4,6-8,12H,1-2,5,9-10H2,(H,22,25). The van der Waals surface area contributed by atoms with Gasteiger partial charge in [-0.25, -0.2) is 4.98 Å². The summed E-state index contributed by atoms with van der Waals surface area (Å²) in [6.45, 7) is 0.480. The Hall–Kier alpha value is -2.38. The van der Waals surface area contributed by atoms with Gasteiger partial charge in [0, 0.05) is 13.1 Å². The van der Waals surface area contributed by atoms with Crippen LogP contribution < -0.4 is 5.32 Å². The Bertz CT molecular complexity index is 854. The maximum Gasteiger partial charge on any atom is 0.291 e. The molecule has 3 rings (SSSR count). The molecule has 1 aliphatic rings. The summed E-state index contributed by atoms with van der Waals surface area (Å²) in [4.78, 5) is 41.6. The van der Waals surface area contributed by atoms with E-state index in [4.69, 9.17) is 27.6 Å². The van der Waals surface area contributed by atoms with Gasteiger partial charge in [-0.1, -0.05) is 29.3 Å². The van der Waals surface area contributed by atoms with Crippen molar-refractivity contribution in [2.24, 2.45) is 5.92 Å². The summed E-state index contributed by atoms with van der Waals surface area (Å²) in [6, 6.07) is 5.38. The molecule has 1 unspecified atom stereocenters. The molecule has 1 aromatic heterocycles. The summed E-state index contributed by atoms with van der Waals surface area (Å²) in [5.41, 5.74) is 1.00. The van der Waals surface area contributed by atoms with Gasteiger partial charge in [-0.3, -0.25) is 14.4 Å². The third kappa shape index (κ3) is 4.67. The lowest BCUT2D eigenvalue weighted by Crippen LogP contribution is -2.36. The highest BCUT2D eigenvalue weighted by Gasteiger charge is 2.43. The molecule has 2 amide bonds.